The average Bonchev–Trinajstić information content (AvgIpc) is 2.46. The van der Waals surface area contributed by atoms with Gasteiger partial charge in [0.2, 0.25) is 0 Å². The summed E-state index contributed by atoms with van der Waals surface area (Å²) in [5.41, 5.74) is 3.34. The maximum atomic E-state index is 11.7. The summed E-state index contributed by atoms with van der Waals surface area (Å²) in [4.78, 5) is 16.8. The van der Waals surface area contributed by atoms with Crippen molar-refractivity contribution in [1.29, 1.82) is 0 Å². The van der Waals surface area contributed by atoms with Crippen LogP contribution in [0.15, 0.2) is 30.3 Å². The van der Waals surface area contributed by atoms with Crippen molar-refractivity contribution in [1.82, 2.24) is 5.48 Å². The molecule has 2 atom stereocenters. The molecule has 18 heavy (non-hydrogen) atoms. The molecule has 0 bridgehead atoms. The normalized spacial score (nSPS) is 23.6. The molecule has 0 heterocycles. The number of hydrogen-bond donors (Lipinski definition) is 2. The van der Waals surface area contributed by atoms with E-state index in [1.54, 1.807) is 24.3 Å². The highest BCUT2D eigenvalue weighted by Gasteiger charge is 2.25. The van der Waals surface area contributed by atoms with Crippen LogP contribution < -0.4 is 5.48 Å². The van der Waals surface area contributed by atoms with E-state index in [1.807, 2.05) is 6.07 Å². The first-order valence-electron chi connectivity index (χ1n) is 6.44. The third-order valence-corrected chi connectivity index (χ3v) is 3.46. The van der Waals surface area contributed by atoms with Gasteiger partial charge >= 0.3 is 5.97 Å². The Balaban J connectivity index is 1.85. The smallest absolute Gasteiger partial charge is 0.356 e. The minimum Gasteiger partial charge on any atom is -0.396 e. The summed E-state index contributed by atoms with van der Waals surface area (Å²) in [7, 11) is 0. The molecule has 1 aromatic carbocycles. The number of hydrogen-bond acceptors (Lipinski definition) is 4. The first-order valence-corrected chi connectivity index (χ1v) is 6.44. The minimum atomic E-state index is -0.377. The number of nitrogens with one attached hydrogen (secondary N) is 1. The van der Waals surface area contributed by atoms with Gasteiger partial charge in [0.15, 0.2) is 0 Å². The van der Waals surface area contributed by atoms with Gasteiger partial charge in [0.25, 0.3) is 0 Å². The van der Waals surface area contributed by atoms with Crippen molar-refractivity contribution in [3.63, 3.8) is 0 Å². The van der Waals surface area contributed by atoms with Crippen LogP contribution >= 0.6 is 0 Å². The molecule has 1 aliphatic rings. The van der Waals surface area contributed by atoms with Gasteiger partial charge in [0.05, 0.1) is 5.56 Å². The monoisotopic (exact) mass is 249 g/mol. The quantitative estimate of drug-likeness (QED) is 0.800. The van der Waals surface area contributed by atoms with Gasteiger partial charge < -0.3 is 9.94 Å². The van der Waals surface area contributed by atoms with E-state index in [-0.39, 0.29) is 24.5 Å². The molecule has 2 N–H and O–H groups in total. The lowest BCUT2D eigenvalue weighted by atomic mass is 9.86. The van der Waals surface area contributed by atoms with Gasteiger partial charge in [-0.25, -0.2) is 4.79 Å². The summed E-state index contributed by atoms with van der Waals surface area (Å²) in [6, 6.07) is 8.95. The topological polar surface area (TPSA) is 58.6 Å². The van der Waals surface area contributed by atoms with Crippen molar-refractivity contribution in [3.8, 4) is 0 Å². The highest BCUT2D eigenvalue weighted by molar-refractivity contribution is 5.89. The number of carbonyl (C=O) groups is 1. The van der Waals surface area contributed by atoms with E-state index in [2.05, 4.69) is 5.48 Å². The maximum absolute atomic E-state index is 11.7. The number of benzene rings is 1. The van der Waals surface area contributed by atoms with Crippen molar-refractivity contribution >= 4 is 5.97 Å². The Morgan fingerprint density at radius 3 is 2.72 bits per heavy atom. The molecule has 1 aromatic rings. The molecule has 0 aromatic heterocycles. The molecule has 0 radical (unpaired) electrons. The Labute approximate surface area is 107 Å². The van der Waals surface area contributed by atoms with E-state index in [0.717, 1.165) is 25.7 Å². The van der Waals surface area contributed by atoms with Crippen molar-refractivity contribution in [3.05, 3.63) is 35.9 Å². The van der Waals surface area contributed by atoms with Crippen LogP contribution in [0.5, 0.6) is 0 Å². The Bertz CT molecular complexity index is 380. The highest BCUT2D eigenvalue weighted by atomic mass is 16.7. The highest BCUT2D eigenvalue weighted by Crippen LogP contribution is 2.23. The van der Waals surface area contributed by atoms with E-state index >= 15 is 0 Å². The predicted octanol–water partition coefficient (Wildman–Crippen LogP) is 1.90. The van der Waals surface area contributed by atoms with E-state index in [0.29, 0.717) is 5.56 Å². The third-order valence-electron chi connectivity index (χ3n) is 3.46. The lowest BCUT2D eigenvalue weighted by Gasteiger charge is -2.29. The first-order chi connectivity index (χ1) is 8.81. The zero-order valence-corrected chi connectivity index (χ0v) is 10.3. The predicted molar refractivity (Wildman–Crippen MR) is 67.8 cm³/mol. The Morgan fingerprint density at radius 1 is 1.28 bits per heavy atom. The summed E-state index contributed by atoms with van der Waals surface area (Å²) in [5.74, 6) is -0.194. The molecule has 4 heteroatoms. The fourth-order valence-electron chi connectivity index (χ4n) is 2.34. The molecule has 0 aliphatic heterocycles. The van der Waals surface area contributed by atoms with Gasteiger partial charge in [-0.3, -0.25) is 0 Å². The van der Waals surface area contributed by atoms with Crippen LogP contribution in [0.1, 0.15) is 36.0 Å². The van der Waals surface area contributed by atoms with Gasteiger partial charge in [-0.05, 0) is 25.0 Å². The Hall–Kier alpha value is -1.39. The number of aliphatic hydroxyl groups excluding tert-OH is 1. The van der Waals surface area contributed by atoms with Crippen LogP contribution in [0, 0.1) is 5.92 Å². The van der Waals surface area contributed by atoms with Gasteiger partial charge in [-0.2, -0.15) is 0 Å². The lowest BCUT2D eigenvalue weighted by molar-refractivity contribution is -0.00352. The molecular formula is C14H19NO3. The van der Waals surface area contributed by atoms with Crippen molar-refractivity contribution in [2.75, 3.05) is 6.61 Å². The molecular weight excluding hydrogens is 230 g/mol. The van der Waals surface area contributed by atoms with Crippen LogP contribution in [0.3, 0.4) is 0 Å². The second-order valence-corrected chi connectivity index (χ2v) is 4.71. The zero-order chi connectivity index (χ0) is 12.8. The summed E-state index contributed by atoms with van der Waals surface area (Å²) in [6.45, 7) is 0.139. The minimum absolute atomic E-state index is 0.0661. The fourth-order valence-corrected chi connectivity index (χ4v) is 2.34. The molecule has 98 valence electrons. The molecule has 1 saturated carbocycles. The largest absolute Gasteiger partial charge is 0.396 e. The summed E-state index contributed by atoms with van der Waals surface area (Å²) in [6.07, 6.45) is 4.16. The van der Waals surface area contributed by atoms with Gasteiger partial charge in [-0.15, -0.1) is 5.48 Å². The van der Waals surface area contributed by atoms with E-state index in [9.17, 15) is 9.90 Å². The van der Waals surface area contributed by atoms with Crippen LogP contribution in [0.2, 0.25) is 0 Å². The van der Waals surface area contributed by atoms with E-state index < -0.39 is 0 Å². The molecule has 1 aliphatic carbocycles. The van der Waals surface area contributed by atoms with Gasteiger partial charge in [-0.1, -0.05) is 31.0 Å². The molecule has 0 saturated heterocycles. The standard InChI is InChI=1S/C14H19NO3/c16-10-12-8-4-5-9-13(12)15-18-14(17)11-6-2-1-3-7-11/h1-3,6-7,12-13,15-16H,4-5,8-10H2/t12-,13?/m0/s1. The SMILES string of the molecule is O=C(ONC1CCCC[C@H]1CO)c1ccccc1. The summed E-state index contributed by atoms with van der Waals surface area (Å²) < 4.78 is 0. The second-order valence-electron chi connectivity index (χ2n) is 4.71. The van der Waals surface area contributed by atoms with Crippen LogP contribution in [0.25, 0.3) is 0 Å². The van der Waals surface area contributed by atoms with Crippen LogP contribution in [-0.4, -0.2) is 23.7 Å². The number of hydroxylamine groups is 1. The number of carbonyl (C=O) groups excluding carboxylic acids is 1. The molecule has 4 nitrogen and oxygen atoms in total. The average molecular weight is 249 g/mol. The second kappa shape index (κ2) is 6.52. The third kappa shape index (κ3) is 3.31. The number of rotatable bonds is 4. The summed E-state index contributed by atoms with van der Waals surface area (Å²) in [5, 5.41) is 9.26. The van der Waals surface area contributed by atoms with Crippen molar-refractivity contribution < 1.29 is 14.7 Å². The van der Waals surface area contributed by atoms with Gasteiger partial charge in [0, 0.05) is 18.6 Å². The fraction of sp³-hybridized carbons (Fsp3) is 0.500. The van der Waals surface area contributed by atoms with E-state index in [1.165, 1.54) is 0 Å². The lowest BCUT2D eigenvalue weighted by Crippen LogP contribution is -2.41. The molecule has 0 spiro atoms. The van der Waals surface area contributed by atoms with Crippen molar-refractivity contribution in [2.45, 2.75) is 31.7 Å². The molecule has 1 unspecified atom stereocenters. The molecule has 2 rings (SSSR count). The molecule has 0 amide bonds. The summed E-state index contributed by atoms with van der Waals surface area (Å²) >= 11 is 0. The Kier molecular flexibility index (Phi) is 4.73. The van der Waals surface area contributed by atoms with Crippen molar-refractivity contribution in [2.24, 2.45) is 5.92 Å². The van der Waals surface area contributed by atoms with Crippen LogP contribution in [0.4, 0.5) is 0 Å². The van der Waals surface area contributed by atoms with Gasteiger partial charge in [0.1, 0.15) is 0 Å². The maximum Gasteiger partial charge on any atom is 0.356 e. The first kappa shape index (κ1) is 13.1. The number of aliphatic hydroxyl groups is 1. The Morgan fingerprint density at radius 2 is 2.00 bits per heavy atom. The molecule has 1 fully saturated rings. The zero-order valence-electron chi connectivity index (χ0n) is 10.3. The van der Waals surface area contributed by atoms with E-state index in [4.69, 9.17) is 4.84 Å². The van der Waals surface area contributed by atoms with Crippen LogP contribution in [-0.2, 0) is 4.84 Å².